The van der Waals surface area contributed by atoms with Gasteiger partial charge in [-0.25, -0.2) is 0 Å². The highest BCUT2D eigenvalue weighted by molar-refractivity contribution is 5.57. The van der Waals surface area contributed by atoms with Crippen LogP contribution >= 0.6 is 0 Å². The molecule has 0 bridgehead atoms. The van der Waals surface area contributed by atoms with E-state index < -0.39 is 0 Å². The molecule has 0 spiro atoms. The van der Waals surface area contributed by atoms with E-state index in [0.29, 0.717) is 0 Å². The number of para-hydroxylation sites is 1. The Hall–Kier alpha value is -0.980. The lowest BCUT2D eigenvalue weighted by Crippen LogP contribution is -2.14. The Kier molecular flexibility index (Phi) is 5.37. The molecular weight excluding hydrogens is 194 g/mol. The first-order chi connectivity index (χ1) is 7.72. The van der Waals surface area contributed by atoms with Crippen LogP contribution in [-0.2, 0) is 6.42 Å². The van der Waals surface area contributed by atoms with Gasteiger partial charge in [0.2, 0.25) is 0 Å². The van der Waals surface area contributed by atoms with Crippen molar-refractivity contribution in [2.45, 2.75) is 47.0 Å². The van der Waals surface area contributed by atoms with E-state index in [1.54, 1.807) is 0 Å². The van der Waals surface area contributed by atoms with Crippen LogP contribution in [0.25, 0.3) is 0 Å². The van der Waals surface area contributed by atoms with Crippen molar-refractivity contribution in [1.82, 2.24) is 0 Å². The summed E-state index contributed by atoms with van der Waals surface area (Å²) in [7, 11) is 0. The molecule has 0 aliphatic heterocycles. The summed E-state index contributed by atoms with van der Waals surface area (Å²) in [5.41, 5.74) is 4.16. The van der Waals surface area contributed by atoms with E-state index in [4.69, 9.17) is 0 Å². The number of hydrogen-bond acceptors (Lipinski definition) is 1. The largest absolute Gasteiger partial charge is 0.384 e. The molecule has 0 unspecified atom stereocenters. The summed E-state index contributed by atoms with van der Waals surface area (Å²) in [6, 6.07) is 6.56. The lowest BCUT2D eigenvalue weighted by molar-refractivity contribution is 0.519. The van der Waals surface area contributed by atoms with E-state index in [9.17, 15) is 0 Å². The molecule has 0 saturated heterocycles. The van der Waals surface area contributed by atoms with Gasteiger partial charge in [-0.3, -0.25) is 0 Å². The molecule has 1 nitrogen and oxygen atoms in total. The zero-order valence-electron chi connectivity index (χ0n) is 11.1. The minimum Gasteiger partial charge on any atom is -0.384 e. The smallest absolute Gasteiger partial charge is 0.0402 e. The molecule has 1 aromatic carbocycles. The van der Waals surface area contributed by atoms with Crippen molar-refractivity contribution in [3.05, 3.63) is 29.3 Å². The van der Waals surface area contributed by atoms with Crippen molar-refractivity contribution in [3.63, 3.8) is 0 Å². The number of nitrogens with one attached hydrogen (secondary N) is 1. The molecule has 1 aromatic rings. The highest BCUT2D eigenvalue weighted by atomic mass is 14.9. The van der Waals surface area contributed by atoms with E-state index in [1.165, 1.54) is 29.7 Å². The maximum absolute atomic E-state index is 3.63. The minimum absolute atomic E-state index is 0.796. The summed E-state index contributed by atoms with van der Waals surface area (Å²) >= 11 is 0. The summed E-state index contributed by atoms with van der Waals surface area (Å²) < 4.78 is 0. The third-order valence-corrected chi connectivity index (χ3v) is 3.46. The molecule has 0 aliphatic rings. The quantitative estimate of drug-likeness (QED) is 0.747. The molecule has 0 atom stereocenters. The van der Waals surface area contributed by atoms with Gasteiger partial charge in [0.05, 0.1) is 0 Å². The standard InChI is InChI=1S/C15H25N/c1-5-13(6-2)11-16-15-12(4)9-8-10-14(15)7-3/h8-10,13,16H,5-7,11H2,1-4H3. The number of anilines is 1. The first-order valence-corrected chi connectivity index (χ1v) is 6.55. The molecule has 1 rings (SSSR count). The molecular formula is C15H25N. The number of hydrogen-bond donors (Lipinski definition) is 1. The fraction of sp³-hybridized carbons (Fsp3) is 0.600. The van der Waals surface area contributed by atoms with Gasteiger partial charge in [0, 0.05) is 12.2 Å². The summed E-state index contributed by atoms with van der Waals surface area (Å²) in [6.07, 6.45) is 3.63. The topological polar surface area (TPSA) is 12.0 Å². The van der Waals surface area contributed by atoms with Crippen LogP contribution in [0.1, 0.15) is 44.7 Å². The van der Waals surface area contributed by atoms with Crippen LogP contribution in [0.15, 0.2) is 18.2 Å². The number of benzene rings is 1. The molecule has 0 heterocycles. The second-order valence-corrected chi connectivity index (χ2v) is 4.53. The molecule has 1 N–H and O–H groups in total. The average molecular weight is 219 g/mol. The Balaban J connectivity index is 2.72. The zero-order chi connectivity index (χ0) is 12.0. The highest BCUT2D eigenvalue weighted by Gasteiger charge is 2.06. The van der Waals surface area contributed by atoms with Gasteiger partial charge in [0.1, 0.15) is 0 Å². The van der Waals surface area contributed by atoms with Crippen molar-refractivity contribution in [2.75, 3.05) is 11.9 Å². The number of rotatable bonds is 6. The van der Waals surface area contributed by atoms with Gasteiger partial charge < -0.3 is 5.32 Å². The van der Waals surface area contributed by atoms with Crippen LogP contribution in [0.4, 0.5) is 5.69 Å². The Morgan fingerprint density at radius 2 is 1.81 bits per heavy atom. The Morgan fingerprint density at radius 3 is 2.38 bits per heavy atom. The molecule has 0 fully saturated rings. The van der Waals surface area contributed by atoms with Gasteiger partial charge in [0.15, 0.2) is 0 Å². The van der Waals surface area contributed by atoms with Crippen molar-refractivity contribution in [3.8, 4) is 0 Å². The Labute approximate surface area is 100 Å². The average Bonchev–Trinajstić information content (AvgIpc) is 2.31. The van der Waals surface area contributed by atoms with Crippen molar-refractivity contribution < 1.29 is 0 Å². The SMILES string of the molecule is CCc1cccc(C)c1NCC(CC)CC. The van der Waals surface area contributed by atoms with Crippen LogP contribution < -0.4 is 5.32 Å². The number of aryl methyl sites for hydroxylation is 2. The summed E-state index contributed by atoms with van der Waals surface area (Å²) in [5, 5.41) is 3.63. The molecule has 0 aliphatic carbocycles. The molecule has 1 heteroatoms. The fourth-order valence-corrected chi connectivity index (χ4v) is 2.10. The second-order valence-electron chi connectivity index (χ2n) is 4.53. The first-order valence-electron chi connectivity index (χ1n) is 6.55. The first kappa shape index (κ1) is 13.1. The lowest BCUT2D eigenvalue weighted by atomic mass is 10.0. The highest BCUT2D eigenvalue weighted by Crippen LogP contribution is 2.22. The zero-order valence-corrected chi connectivity index (χ0v) is 11.1. The molecule has 16 heavy (non-hydrogen) atoms. The minimum atomic E-state index is 0.796. The van der Waals surface area contributed by atoms with Gasteiger partial charge >= 0.3 is 0 Å². The van der Waals surface area contributed by atoms with E-state index in [2.05, 4.69) is 51.2 Å². The maximum Gasteiger partial charge on any atom is 0.0402 e. The van der Waals surface area contributed by atoms with E-state index in [1.807, 2.05) is 0 Å². The van der Waals surface area contributed by atoms with Crippen LogP contribution in [0, 0.1) is 12.8 Å². The predicted molar refractivity (Wildman–Crippen MR) is 73.1 cm³/mol. The predicted octanol–water partition coefficient (Wildman–Crippen LogP) is 4.41. The van der Waals surface area contributed by atoms with E-state index >= 15 is 0 Å². The molecule has 0 radical (unpaired) electrons. The molecule has 0 saturated carbocycles. The normalized spacial score (nSPS) is 10.8. The third kappa shape index (κ3) is 3.26. The van der Waals surface area contributed by atoms with Crippen molar-refractivity contribution >= 4 is 5.69 Å². The molecule has 0 aromatic heterocycles. The van der Waals surface area contributed by atoms with E-state index in [-0.39, 0.29) is 0 Å². The van der Waals surface area contributed by atoms with Gasteiger partial charge in [-0.1, -0.05) is 51.8 Å². The van der Waals surface area contributed by atoms with Crippen LogP contribution in [0.3, 0.4) is 0 Å². The Bertz CT molecular complexity index is 313. The van der Waals surface area contributed by atoms with Crippen LogP contribution in [0.2, 0.25) is 0 Å². The van der Waals surface area contributed by atoms with Crippen molar-refractivity contribution in [1.29, 1.82) is 0 Å². The van der Waals surface area contributed by atoms with Gasteiger partial charge in [-0.15, -0.1) is 0 Å². The lowest BCUT2D eigenvalue weighted by Gasteiger charge is -2.18. The maximum atomic E-state index is 3.63. The van der Waals surface area contributed by atoms with Gasteiger partial charge in [-0.05, 0) is 30.4 Å². The van der Waals surface area contributed by atoms with Gasteiger partial charge in [0.25, 0.3) is 0 Å². The fourth-order valence-electron chi connectivity index (χ4n) is 2.10. The second kappa shape index (κ2) is 6.57. The summed E-state index contributed by atoms with van der Waals surface area (Å²) in [4.78, 5) is 0. The third-order valence-electron chi connectivity index (χ3n) is 3.46. The van der Waals surface area contributed by atoms with Crippen LogP contribution in [-0.4, -0.2) is 6.54 Å². The van der Waals surface area contributed by atoms with Crippen molar-refractivity contribution in [2.24, 2.45) is 5.92 Å². The van der Waals surface area contributed by atoms with Crippen LogP contribution in [0.5, 0.6) is 0 Å². The summed E-state index contributed by atoms with van der Waals surface area (Å²) in [5.74, 6) is 0.796. The summed E-state index contributed by atoms with van der Waals surface area (Å²) in [6.45, 7) is 10.1. The van der Waals surface area contributed by atoms with Gasteiger partial charge in [-0.2, -0.15) is 0 Å². The Morgan fingerprint density at radius 1 is 1.12 bits per heavy atom. The monoisotopic (exact) mass is 219 g/mol. The van der Waals surface area contributed by atoms with E-state index in [0.717, 1.165) is 18.9 Å². The molecule has 0 amide bonds. The molecule has 90 valence electrons.